The van der Waals surface area contributed by atoms with E-state index in [4.69, 9.17) is 0 Å². The third-order valence-electron chi connectivity index (χ3n) is 3.64. The lowest BCUT2D eigenvalue weighted by Gasteiger charge is -2.07. The maximum absolute atomic E-state index is 12.9. The average Bonchev–Trinajstić information content (AvgIpc) is 2.67. The normalized spacial score (nSPS) is 10.4. The molecule has 0 fully saturated rings. The molecular weight excluding hydrogens is 338 g/mol. The summed E-state index contributed by atoms with van der Waals surface area (Å²) in [5.74, 6) is -0.476. The van der Waals surface area contributed by atoms with Crippen LogP contribution in [0, 0.1) is 11.6 Å². The van der Waals surface area contributed by atoms with Crippen LogP contribution in [0.5, 0.6) is 0 Å². The molecule has 0 spiro atoms. The van der Waals surface area contributed by atoms with Gasteiger partial charge in [0.05, 0.1) is 12.4 Å². The van der Waals surface area contributed by atoms with Crippen molar-refractivity contribution < 1.29 is 13.6 Å². The van der Waals surface area contributed by atoms with Gasteiger partial charge < -0.3 is 10.6 Å². The molecule has 0 aliphatic heterocycles. The SMILES string of the molecule is O=C(NCc1ccc(F)cc1)c1cnc(NCc2ccc(F)cc2)cn1. The number of rotatable bonds is 6. The molecule has 1 aromatic heterocycles. The van der Waals surface area contributed by atoms with Gasteiger partial charge in [0.2, 0.25) is 0 Å². The summed E-state index contributed by atoms with van der Waals surface area (Å²) in [7, 11) is 0. The summed E-state index contributed by atoms with van der Waals surface area (Å²) in [5, 5.41) is 5.74. The number of aromatic nitrogens is 2. The van der Waals surface area contributed by atoms with E-state index in [1.807, 2.05) is 0 Å². The number of amides is 1. The maximum Gasteiger partial charge on any atom is 0.271 e. The largest absolute Gasteiger partial charge is 0.365 e. The molecule has 0 aliphatic rings. The molecule has 0 aliphatic carbocycles. The van der Waals surface area contributed by atoms with Crippen LogP contribution in [0.25, 0.3) is 0 Å². The molecule has 0 saturated heterocycles. The van der Waals surface area contributed by atoms with Crippen LogP contribution in [0.4, 0.5) is 14.6 Å². The molecule has 1 amide bonds. The van der Waals surface area contributed by atoms with Crippen molar-refractivity contribution in [1.29, 1.82) is 0 Å². The third kappa shape index (κ3) is 4.83. The smallest absolute Gasteiger partial charge is 0.271 e. The number of carbonyl (C=O) groups excluding carboxylic acids is 1. The minimum Gasteiger partial charge on any atom is -0.365 e. The molecule has 0 unspecified atom stereocenters. The Balaban J connectivity index is 1.52. The van der Waals surface area contributed by atoms with E-state index in [1.165, 1.54) is 36.7 Å². The van der Waals surface area contributed by atoms with E-state index >= 15 is 0 Å². The molecule has 0 atom stereocenters. The molecule has 0 saturated carbocycles. The predicted octanol–water partition coefficient (Wildman–Crippen LogP) is 3.30. The molecule has 26 heavy (non-hydrogen) atoms. The van der Waals surface area contributed by atoms with Gasteiger partial charge in [0.25, 0.3) is 5.91 Å². The molecule has 0 radical (unpaired) electrons. The fraction of sp³-hybridized carbons (Fsp3) is 0.105. The van der Waals surface area contributed by atoms with Gasteiger partial charge in [0, 0.05) is 13.1 Å². The van der Waals surface area contributed by atoms with E-state index < -0.39 is 0 Å². The van der Waals surface area contributed by atoms with Crippen LogP contribution < -0.4 is 10.6 Å². The van der Waals surface area contributed by atoms with Crippen LogP contribution in [0.3, 0.4) is 0 Å². The zero-order chi connectivity index (χ0) is 18.4. The fourth-order valence-electron chi connectivity index (χ4n) is 2.21. The lowest BCUT2D eigenvalue weighted by atomic mass is 10.2. The number of carbonyl (C=O) groups is 1. The van der Waals surface area contributed by atoms with Crippen molar-refractivity contribution in [2.45, 2.75) is 13.1 Å². The van der Waals surface area contributed by atoms with Crippen LogP contribution in [-0.4, -0.2) is 15.9 Å². The Bertz CT molecular complexity index is 866. The van der Waals surface area contributed by atoms with Gasteiger partial charge >= 0.3 is 0 Å². The lowest BCUT2D eigenvalue weighted by Crippen LogP contribution is -2.24. The molecule has 5 nitrogen and oxygen atoms in total. The third-order valence-corrected chi connectivity index (χ3v) is 3.64. The number of hydrogen-bond acceptors (Lipinski definition) is 4. The highest BCUT2D eigenvalue weighted by molar-refractivity contribution is 5.91. The van der Waals surface area contributed by atoms with Crippen LogP contribution in [0.2, 0.25) is 0 Å². The van der Waals surface area contributed by atoms with Gasteiger partial charge in [-0.3, -0.25) is 4.79 Å². The minimum atomic E-state index is -0.369. The van der Waals surface area contributed by atoms with Gasteiger partial charge in [0.1, 0.15) is 23.1 Å². The maximum atomic E-state index is 12.9. The van der Waals surface area contributed by atoms with E-state index in [0.717, 1.165) is 11.1 Å². The Hall–Kier alpha value is -3.35. The Kier molecular flexibility index (Phi) is 5.48. The van der Waals surface area contributed by atoms with Crippen molar-refractivity contribution in [2.75, 3.05) is 5.32 Å². The Morgan fingerprint density at radius 3 is 1.92 bits per heavy atom. The molecule has 2 N–H and O–H groups in total. The van der Waals surface area contributed by atoms with Crippen LogP contribution in [0.15, 0.2) is 60.9 Å². The number of halogens is 2. The molecule has 132 valence electrons. The van der Waals surface area contributed by atoms with Crippen LogP contribution >= 0.6 is 0 Å². The summed E-state index contributed by atoms with van der Waals surface area (Å²) in [6.45, 7) is 0.733. The summed E-state index contributed by atoms with van der Waals surface area (Å²) in [6, 6.07) is 12.0. The topological polar surface area (TPSA) is 66.9 Å². The van der Waals surface area contributed by atoms with Crippen molar-refractivity contribution in [3.8, 4) is 0 Å². The molecule has 7 heteroatoms. The fourth-order valence-corrected chi connectivity index (χ4v) is 2.21. The summed E-state index contributed by atoms with van der Waals surface area (Å²) in [5.41, 5.74) is 1.86. The highest BCUT2D eigenvalue weighted by Crippen LogP contribution is 2.07. The van der Waals surface area contributed by atoms with Gasteiger partial charge in [-0.1, -0.05) is 24.3 Å². The van der Waals surface area contributed by atoms with E-state index in [2.05, 4.69) is 20.6 Å². The van der Waals surface area contributed by atoms with Crippen LogP contribution in [-0.2, 0) is 13.1 Å². The van der Waals surface area contributed by atoms with Crippen molar-refractivity contribution in [3.63, 3.8) is 0 Å². The van der Waals surface area contributed by atoms with Crippen molar-refractivity contribution >= 4 is 11.7 Å². The summed E-state index contributed by atoms with van der Waals surface area (Å²) >= 11 is 0. The first-order valence-corrected chi connectivity index (χ1v) is 7.93. The number of benzene rings is 2. The van der Waals surface area contributed by atoms with Crippen LogP contribution in [0.1, 0.15) is 21.6 Å². The molecule has 1 heterocycles. The zero-order valence-electron chi connectivity index (χ0n) is 13.7. The van der Waals surface area contributed by atoms with Gasteiger partial charge in [-0.2, -0.15) is 0 Å². The van der Waals surface area contributed by atoms with Gasteiger partial charge in [-0.25, -0.2) is 18.7 Å². The summed E-state index contributed by atoms with van der Waals surface area (Å²) in [4.78, 5) is 20.3. The molecule has 0 bridgehead atoms. The first kappa shape index (κ1) is 17.5. The van der Waals surface area contributed by atoms with E-state index in [0.29, 0.717) is 12.4 Å². The van der Waals surface area contributed by atoms with Gasteiger partial charge in [-0.05, 0) is 35.4 Å². The second-order valence-electron chi connectivity index (χ2n) is 5.58. The second-order valence-corrected chi connectivity index (χ2v) is 5.58. The van der Waals surface area contributed by atoms with Gasteiger partial charge in [0.15, 0.2) is 0 Å². The quantitative estimate of drug-likeness (QED) is 0.713. The van der Waals surface area contributed by atoms with E-state index in [-0.39, 0.29) is 29.8 Å². The highest BCUT2D eigenvalue weighted by Gasteiger charge is 2.08. The predicted molar refractivity (Wildman–Crippen MR) is 93.3 cm³/mol. The number of nitrogens with zero attached hydrogens (tertiary/aromatic N) is 2. The lowest BCUT2D eigenvalue weighted by molar-refractivity contribution is 0.0945. The van der Waals surface area contributed by atoms with E-state index in [9.17, 15) is 13.6 Å². The average molecular weight is 354 g/mol. The number of nitrogens with one attached hydrogen (secondary N) is 2. The Morgan fingerprint density at radius 1 is 0.808 bits per heavy atom. The zero-order valence-corrected chi connectivity index (χ0v) is 13.7. The number of hydrogen-bond donors (Lipinski definition) is 2. The molecule has 3 aromatic rings. The number of anilines is 1. The Morgan fingerprint density at radius 2 is 1.38 bits per heavy atom. The highest BCUT2D eigenvalue weighted by atomic mass is 19.1. The minimum absolute atomic E-state index is 0.180. The van der Waals surface area contributed by atoms with Gasteiger partial charge in [-0.15, -0.1) is 0 Å². The molecule has 3 rings (SSSR count). The second kappa shape index (κ2) is 8.15. The van der Waals surface area contributed by atoms with E-state index in [1.54, 1.807) is 24.3 Å². The summed E-state index contributed by atoms with van der Waals surface area (Å²) < 4.78 is 25.7. The first-order chi connectivity index (χ1) is 12.6. The van der Waals surface area contributed by atoms with Crippen molar-refractivity contribution in [3.05, 3.63) is 89.4 Å². The first-order valence-electron chi connectivity index (χ1n) is 7.93. The monoisotopic (exact) mass is 354 g/mol. The van der Waals surface area contributed by atoms with Crippen molar-refractivity contribution in [2.24, 2.45) is 0 Å². The Labute approximate surface area is 149 Å². The van der Waals surface area contributed by atoms with Crippen molar-refractivity contribution in [1.82, 2.24) is 15.3 Å². The molecule has 2 aromatic carbocycles. The summed E-state index contributed by atoms with van der Waals surface area (Å²) in [6.07, 6.45) is 2.82. The standard InChI is InChI=1S/C19H16F2N4O/c20-15-5-1-13(2-6-15)9-23-18-12-22-17(11-24-18)19(26)25-10-14-3-7-16(21)8-4-14/h1-8,11-12H,9-10H2,(H,23,24)(H,25,26). The molecular formula is C19H16F2N4O.